The van der Waals surface area contributed by atoms with Crippen LogP contribution in [0.3, 0.4) is 0 Å². The predicted molar refractivity (Wildman–Crippen MR) is 107 cm³/mol. The Bertz CT molecular complexity index is 804. The molecule has 1 amide bonds. The molecule has 0 saturated carbocycles. The summed E-state index contributed by atoms with van der Waals surface area (Å²) in [7, 11) is 1.60. The number of rotatable bonds is 7. The molecule has 2 aromatic rings. The number of carbonyl (C=O) groups is 1. The highest BCUT2D eigenvalue weighted by atomic mass is 79.9. The molecule has 1 N–H and O–H groups in total. The maximum absolute atomic E-state index is 12.0. The number of hydrogen-bond donors (Lipinski definition) is 1. The molecule has 0 saturated heterocycles. The van der Waals surface area contributed by atoms with Crippen LogP contribution >= 0.6 is 15.9 Å². The van der Waals surface area contributed by atoms with Gasteiger partial charge in [-0.15, -0.1) is 0 Å². The molecule has 5 nitrogen and oxygen atoms in total. The Labute approximate surface area is 162 Å². The van der Waals surface area contributed by atoms with Crippen molar-refractivity contribution in [1.29, 1.82) is 0 Å². The summed E-state index contributed by atoms with van der Waals surface area (Å²) in [6, 6.07) is 11.6. The Hall–Kier alpha value is -2.34. The van der Waals surface area contributed by atoms with E-state index >= 15 is 0 Å². The molecule has 0 fully saturated rings. The van der Waals surface area contributed by atoms with E-state index in [-0.39, 0.29) is 12.5 Å². The monoisotopic (exact) mass is 418 g/mol. The molecule has 6 heteroatoms. The molecule has 0 aliphatic rings. The first kappa shape index (κ1) is 20.0. The first-order valence-corrected chi connectivity index (χ1v) is 9.08. The van der Waals surface area contributed by atoms with Crippen molar-refractivity contribution >= 4 is 28.1 Å². The van der Waals surface area contributed by atoms with Crippen LogP contribution in [0.1, 0.15) is 36.5 Å². The van der Waals surface area contributed by atoms with Gasteiger partial charge in [-0.05, 0) is 48.2 Å². The van der Waals surface area contributed by atoms with Gasteiger partial charge in [0.25, 0.3) is 5.91 Å². The Morgan fingerprint density at radius 3 is 2.73 bits per heavy atom. The smallest absolute Gasteiger partial charge is 0.277 e. The van der Waals surface area contributed by atoms with Crippen molar-refractivity contribution in [2.24, 2.45) is 5.10 Å². The lowest BCUT2D eigenvalue weighted by Gasteiger charge is -2.12. The van der Waals surface area contributed by atoms with Gasteiger partial charge in [0.15, 0.2) is 6.61 Å². The first-order valence-electron chi connectivity index (χ1n) is 8.29. The zero-order valence-electron chi connectivity index (χ0n) is 15.4. The van der Waals surface area contributed by atoms with E-state index in [4.69, 9.17) is 9.47 Å². The van der Waals surface area contributed by atoms with Crippen LogP contribution in [-0.4, -0.2) is 25.8 Å². The summed E-state index contributed by atoms with van der Waals surface area (Å²) in [6.07, 6.45) is 1.55. The molecule has 2 aromatic carbocycles. The van der Waals surface area contributed by atoms with Gasteiger partial charge in [-0.2, -0.15) is 5.10 Å². The number of amides is 1. The van der Waals surface area contributed by atoms with Crippen molar-refractivity contribution in [2.75, 3.05) is 13.7 Å². The minimum absolute atomic E-state index is 0.0982. The van der Waals surface area contributed by atoms with Gasteiger partial charge in [0, 0.05) is 10.0 Å². The van der Waals surface area contributed by atoms with Gasteiger partial charge in [0.05, 0.1) is 13.3 Å². The van der Waals surface area contributed by atoms with Crippen LogP contribution in [0.5, 0.6) is 11.5 Å². The number of hydrogen-bond acceptors (Lipinski definition) is 4. The third-order valence-corrected chi connectivity index (χ3v) is 4.56. The van der Waals surface area contributed by atoms with Crippen molar-refractivity contribution in [2.45, 2.75) is 26.7 Å². The molecule has 0 atom stereocenters. The fourth-order valence-electron chi connectivity index (χ4n) is 2.23. The summed E-state index contributed by atoms with van der Waals surface area (Å²) >= 11 is 3.43. The largest absolute Gasteiger partial charge is 0.497 e. The second-order valence-electron chi connectivity index (χ2n) is 6.15. The fraction of sp³-hybridized carbons (Fsp3) is 0.300. The zero-order valence-corrected chi connectivity index (χ0v) is 17.0. The third-order valence-electron chi connectivity index (χ3n) is 3.83. The maximum Gasteiger partial charge on any atom is 0.277 e. The van der Waals surface area contributed by atoms with Crippen molar-refractivity contribution < 1.29 is 14.3 Å². The average Bonchev–Trinajstić information content (AvgIpc) is 2.62. The molecule has 0 heterocycles. The molecule has 0 aliphatic heterocycles. The summed E-state index contributed by atoms with van der Waals surface area (Å²) < 4.78 is 11.7. The van der Waals surface area contributed by atoms with E-state index in [1.54, 1.807) is 13.3 Å². The first-order chi connectivity index (χ1) is 12.4. The molecular weight excluding hydrogens is 396 g/mol. The van der Waals surface area contributed by atoms with Crippen LogP contribution in [-0.2, 0) is 4.79 Å². The predicted octanol–water partition coefficient (Wildman–Crippen LogP) is 4.42. The van der Waals surface area contributed by atoms with Gasteiger partial charge in [-0.3, -0.25) is 4.79 Å². The van der Waals surface area contributed by atoms with Crippen LogP contribution in [0, 0.1) is 6.92 Å². The van der Waals surface area contributed by atoms with Crippen LogP contribution in [0.4, 0.5) is 0 Å². The number of carbonyl (C=O) groups excluding carboxylic acids is 1. The summed E-state index contributed by atoms with van der Waals surface area (Å²) in [6.45, 7) is 6.09. The number of nitrogens with one attached hydrogen (secondary N) is 1. The highest BCUT2D eigenvalue weighted by Gasteiger charge is 2.07. The summed E-state index contributed by atoms with van der Waals surface area (Å²) in [5, 5.41) is 3.97. The van der Waals surface area contributed by atoms with Crippen LogP contribution in [0.15, 0.2) is 46.0 Å². The van der Waals surface area contributed by atoms with E-state index < -0.39 is 0 Å². The second-order valence-corrected chi connectivity index (χ2v) is 7.00. The van der Waals surface area contributed by atoms with Crippen molar-refractivity contribution in [3.05, 3.63) is 57.6 Å². The topological polar surface area (TPSA) is 59.9 Å². The number of hydrazone groups is 1. The highest BCUT2D eigenvalue weighted by Crippen LogP contribution is 2.24. The van der Waals surface area contributed by atoms with E-state index in [0.29, 0.717) is 17.4 Å². The van der Waals surface area contributed by atoms with Crippen LogP contribution in [0.2, 0.25) is 0 Å². The van der Waals surface area contributed by atoms with Crippen molar-refractivity contribution in [3.63, 3.8) is 0 Å². The molecule has 138 valence electrons. The molecule has 2 rings (SSSR count). The van der Waals surface area contributed by atoms with Gasteiger partial charge in [0.1, 0.15) is 11.5 Å². The average molecular weight is 419 g/mol. The summed E-state index contributed by atoms with van der Waals surface area (Å²) in [5.41, 5.74) is 5.43. The Kier molecular flexibility index (Phi) is 7.21. The number of benzene rings is 2. The lowest BCUT2D eigenvalue weighted by atomic mass is 10.0. The number of methoxy groups -OCH3 is 1. The molecule has 0 radical (unpaired) electrons. The molecule has 0 spiro atoms. The third kappa shape index (κ3) is 5.59. The van der Waals surface area contributed by atoms with E-state index in [9.17, 15) is 4.79 Å². The maximum atomic E-state index is 12.0. The standard InChI is InChI=1S/C20H23BrN2O3/c1-13(2)15-6-5-14(3)19(10-15)26-12-20(24)23-22-11-16-9-17(25-4)7-8-18(16)21/h5-11,13H,12H2,1-4H3,(H,23,24)/b22-11+. The zero-order chi connectivity index (χ0) is 19.1. The molecule has 26 heavy (non-hydrogen) atoms. The lowest BCUT2D eigenvalue weighted by Crippen LogP contribution is -2.24. The molecule has 0 bridgehead atoms. The van der Waals surface area contributed by atoms with E-state index in [1.807, 2.05) is 37.3 Å². The number of halogens is 1. The van der Waals surface area contributed by atoms with Gasteiger partial charge in [-0.1, -0.05) is 41.9 Å². The van der Waals surface area contributed by atoms with Gasteiger partial charge < -0.3 is 9.47 Å². The fourth-order valence-corrected chi connectivity index (χ4v) is 2.58. The van der Waals surface area contributed by atoms with Gasteiger partial charge >= 0.3 is 0 Å². The highest BCUT2D eigenvalue weighted by molar-refractivity contribution is 9.10. The minimum atomic E-state index is -0.324. The van der Waals surface area contributed by atoms with Gasteiger partial charge in [-0.25, -0.2) is 5.43 Å². The Morgan fingerprint density at radius 2 is 2.04 bits per heavy atom. The second kappa shape index (κ2) is 9.38. The Balaban J connectivity index is 1.93. The van der Waals surface area contributed by atoms with E-state index in [1.165, 1.54) is 5.56 Å². The van der Waals surface area contributed by atoms with Crippen molar-refractivity contribution in [3.8, 4) is 11.5 Å². The van der Waals surface area contributed by atoms with Gasteiger partial charge in [0.2, 0.25) is 0 Å². The van der Waals surface area contributed by atoms with Crippen LogP contribution in [0.25, 0.3) is 0 Å². The number of aryl methyl sites for hydroxylation is 1. The normalized spacial score (nSPS) is 11.0. The van der Waals surface area contributed by atoms with Crippen LogP contribution < -0.4 is 14.9 Å². The molecule has 0 unspecified atom stereocenters. The Morgan fingerprint density at radius 1 is 1.27 bits per heavy atom. The molecular formula is C20H23BrN2O3. The number of nitrogens with zero attached hydrogens (tertiary/aromatic N) is 1. The molecule has 0 aliphatic carbocycles. The summed E-state index contributed by atoms with van der Waals surface area (Å²) in [5.74, 6) is 1.50. The number of ether oxygens (including phenoxy) is 2. The summed E-state index contributed by atoms with van der Waals surface area (Å²) in [4.78, 5) is 12.0. The van der Waals surface area contributed by atoms with E-state index in [2.05, 4.69) is 46.4 Å². The quantitative estimate of drug-likeness (QED) is 0.534. The van der Waals surface area contributed by atoms with E-state index in [0.717, 1.165) is 15.6 Å². The molecule has 0 aromatic heterocycles. The lowest BCUT2D eigenvalue weighted by molar-refractivity contribution is -0.123. The minimum Gasteiger partial charge on any atom is -0.497 e. The van der Waals surface area contributed by atoms with Crippen molar-refractivity contribution in [1.82, 2.24) is 5.43 Å². The SMILES string of the molecule is COc1ccc(Br)c(/C=N/NC(=O)COc2cc(C(C)C)ccc2C)c1.